The van der Waals surface area contributed by atoms with Crippen molar-refractivity contribution in [3.05, 3.63) is 59.2 Å². The van der Waals surface area contributed by atoms with Gasteiger partial charge in [0.1, 0.15) is 5.75 Å². The number of nitrogens with one attached hydrogen (secondary N) is 1. The summed E-state index contributed by atoms with van der Waals surface area (Å²) in [5, 5.41) is 2.89. The molecule has 2 aromatic rings. The third-order valence-electron chi connectivity index (χ3n) is 3.62. The minimum Gasteiger partial charge on any atom is -0.493 e. The Morgan fingerprint density at radius 1 is 1.16 bits per heavy atom. The van der Waals surface area contributed by atoms with E-state index in [-0.39, 0.29) is 18.3 Å². The maximum absolute atomic E-state index is 12.3. The van der Waals surface area contributed by atoms with Crippen molar-refractivity contribution < 1.29 is 14.3 Å². The number of nitrogens with two attached hydrogens (primary N) is 1. The first kappa shape index (κ1) is 20.8. The van der Waals surface area contributed by atoms with Crippen molar-refractivity contribution in [1.29, 1.82) is 0 Å². The van der Waals surface area contributed by atoms with E-state index in [0.717, 1.165) is 23.3 Å². The second-order valence-corrected chi connectivity index (χ2v) is 5.58. The van der Waals surface area contributed by atoms with Gasteiger partial charge in [-0.2, -0.15) is 0 Å². The van der Waals surface area contributed by atoms with Crippen molar-refractivity contribution in [1.82, 2.24) is 5.32 Å². The summed E-state index contributed by atoms with van der Waals surface area (Å²) < 4.78 is 10.8. The van der Waals surface area contributed by atoms with Gasteiger partial charge in [-0.15, -0.1) is 12.4 Å². The maximum atomic E-state index is 12.3. The highest BCUT2D eigenvalue weighted by Crippen LogP contribution is 2.21. The highest BCUT2D eigenvalue weighted by atomic mass is 35.5. The lowest BCUT2D eigenvalue weighted by Crippen LogP contribution is -2.24. The lowest BCUT2D eigenvalue weighted by Gasteiger charge is -2.13. The van der Waals surface area contributed by atoms with Crippen molar-refractivity contribution in [2.24, 2.45) is 0 Å². The Morgan fingerprint density at radius 2 is 1.92 bits per heavy atom. The average Bonchev–Trinajstić information content (AvgIpc) is 2.58. The molecule has 0 fully saturated rings. The fraction of sp³-hybridized carbons (Fsp3) is 0.316. The zero-order valence-corrected chi connectivity index (χ0v) is 15.4. The molecule has 3 N–H and O–H groups in total. The number of anilines is 1. The summed E-state index contributed by atoms with van der Waals surface area (Å²) in [7, 11) is 1.67. The first-order chi connectivity index (χ1) is 11.6. The summed E-state index contributed by atoms with van der Waals surface area (Å²) in [4.78, 5) is 12.3. The van der Waals surface area contributed by atoms with E-state index in [2.05, 4.69) is 5.32 Å². The van der Waals surface area contributed by atoms with E-state index in [1.807, 2.05) is 25.1 Å². The van der Waals surface area contributed by atoms with Gasteiger partial charge in [0.15, 0.2) is 0 Å². The molecule has 0 aliphatic carbocycles. The third kappa shape index (κ3) is 6.29. The van der Waals surface area contributed by atoms with E-state index < -0.39 is 0 Å². The number of aryl methyl sites for hydroxylation is 1. The van der Waals surface area contributed by atoms with Gasteiger partial charge in [-0.1, -0.05) is 24.3 Å². The number of methoxy groups -OCH3 is 1. The molecular weight excluding hydrogens is 340 g/mol. The molecule has 6 heteroatoms. The predicted octanol–water partition coefficient (Wildman–Crippen LogP) is 3.34. The van der Waals surface area contributed by atoms with Crippen LogP contribution in [0.1, 0.15) is 27.9 Å². The number of amides is 1. The van der Waals surface area contributed by atoms with Crippen LogP contribution in [0.2, 0.25) is 0 Å². The molecule has 0 unspecified atom stereocenters. The fourth-order valence-corrected chi connectivity index (χ4v) is 2.30. The van der Waals surface area contributed by atoms with Gasteiger partial charge in [-0.3, -0.25) is 4.79 Å². The zero-order chi connectivity index (χ0) is 17.4. The Balaban J connectivity index is 0.00000312. The van der Waals surface area contributed by atoms with Crippen molar-refractivity contribution >= 4 is 24.0 Å². The molecule has 0 spiro atoms. The Kier molecular flexibility index (Phi) is 8.81. The highest BCUT2D eigenvalue weighted by Gasteiger charge is 2.10. The van der Waals surface area contributed by atoms with Crippen LogP contribution in [-0.4, -0.2) is 26.2 Å². The van der Waals surface area contributed by atoms with E-state index in [9.17, 15) is 4.79 Å². The third-order valence-corrected chi connectivity index (χ3v) is 3.62. The largest absolute Gasteiger partial charge is 0.493 e. The van der Waals surface area contributed by atoms with E-state index in [4.69, 9.17) is 15.2 Å². The molecule has 0 aromatic heterocycles. The van der Waals surface area contributed by atoms with Crippen LogP contribution in [0.5, 0.6) is 5.75 Å². The Hall–Kier alpha value is -2.24. The van der Waals surface area contributed by atoms with Crippen molar-refractivity contribution in [2.75, 3.05) is 26.1 Å². The van der Waals surface area contributed by atoms with Crippen LogP contribution in [-0.2, 0) is 11.3 Å². The number of rotatable bonds is 8. The molecule has 25 heavy (non-hydrogen) atoms. The Bertz CT molecular complexity index is 692. The summed E-state index contributed by atoms with van der Waals surface area (Å²) in [5.41, 5.74) is 8.83. The van der Waals surface area contributed by atoms with Crippen LogP contribution in [0.4, 0.5) is 5.69 Å². The second-order valence-electron chi connectivity index (χ2n) is 5.58. The minimum absolute atomic E-state index is 0. The molecule has 0 bridgehead atoms. The normalized spacial score (nSPS) is 10.0. The molecule has 0 aliphatic heterocycles. The molecule has 0 heterocycles. The molecule has 0 radical (unpaired) electrons. The molecule has 0 atom stereocenters. The van der Waals surface area contributed by atoms with Crippen LogP contribution in [0.15, 0.2) is 42.5 Å². The van der Waals surface area contributed by atoms with E-state index >= 15 is 0 Å². The monoisotopic (exact) mass is 364 g/mol. The van der Waals surface area contributed by atoms with Crippen LogP contribution in [0.3, 0.4) is 0 Å². The summed E-state index contributed by atoms with van der Waals surface area (Å²) in [5.74, 6) is 0.589. The predicted molar refractivity (Wildman–Crippen MR) is 102 cm³/mol. The number of para-hydroxylation sites is 1. The first-order valence-electron chi connectivity index (χ1n) is 7.96. The maximum Gasteiger partial charge on any atom is 0.253 e. The van der Waals surface area contributed by atoms with Gasteiger partial charge in [0, 0.05) is 37.9 Å². The van der Waals surface area contributed by atoms with Crippen LogP contribution in [0, 0.1) is 6.92 Å². The zero-order valence-electron chi connectivity index (χ0n) is 14.6. The quantitative estimate of drug-likeness (QED) is 0.556. The van der Waals surface area contributed by atoms with Gasteiger partial charge in [-0.25, -0.2) is 0 Å². The average molecular weight is 365 g/mol. The Morgan fingerprint density at radius 3 is 2.64 bits per heavy atom. The van der Waals surface area contributed by atoms with Crippen molar-refractivity contribution in [3.8, 4) is 5.75 Å². The molecule has 0 aliphatic rings. The minimum atomic E-state index is -0.195. The number of nitrogen functional groups attached to an aromatic ring is 1. The summed E-state index contributed by atoms with van der Waals surface area (Å²) >= 11 is 0. The SMILES string of the molecule is COCCCOc1cc(C)ccc1CNC(=O)c1ccccc1N.Cl. The molecule has 2 aromatic carbocycles. The van der Waals surface area contributed by atoms with Gasteiger partial charge in [0.2, 0.25) is 0 Å². The van der Waals surface area contributed by atoms with Crippen LogP contribution in [0.25, 0.3) is 0 Å². The molecular formula is C19H25ClN2O3. The number of carbonyl (C=O) groups is 1. The topological polar surface area (TPSA) is 73.6 Å². The van der Waals surface area contributed by atoms with E-state index in [0.29, 0.717) is 31.0 Å². The van der Waals surface area contributed by atoms with Gasteiger partial charge in [0.25, 0.3) is 5.91 Å². The van der Waals surface area contributed by atoms with Gasteiger partial charge < -0.3 is 20.5 Å². The standard InChI is InChI=1S/C19H24N2O3.ClH/c1-14-8-9-15(18(12-14)24-11-5-10-23-2)13-21-19(22)16-6-3-4-7-17(16)20;/h3-4,6-9,12H,5,10-11,13,20H2,1-2H3,(H,21,22);1H. The number of carbonyl (C=O) groups excluding carboxylic acids is 1. The number of benzene rings is 2. The van der Waals surface area contributed by atoms with Crippen LogP contribution >= 0.6 is 12.4 Å². The molecule has 2 rings (SSSR count). The second kappa shape index (κ2) is 10.6. The lowest BCUT2D eigenvalue weighted by molar-refractivity contribution is 0.0951. The van der Waals surface area contributed by atoms with E-state index in [1.54, 1.807) is 31.4 Å². The molecule has 0 saturated heterocycles. The van der Waals surface area contributed by atoms with Crippen molar-refractivity contribution in [2.45, 2.75) is 19.9 Å². The highest BCUT2D eigenvalue weighted by molar-refractivity contribution is 5.99. The van der Waals surface area contributed by atoms with Gasteiger partial charge in [-0.05, 0) is 30.7 Å². The summed E-state index contributed by atoms with van der Waals surface area (Å²) in [6, 6.07) is 13.0. The van der Waals surface area contributed by atoms with Gasteiger partial charge in [0.05, 0.1) is 12.2 Å². The molecule has 0 saturated carbocycles. The number of hydrogen-bond acceptors (Lipinski definition) is 4. The van der Waals surface area contributed by atoms with E-state index in [1.165, 1.54) is 0 Å². The van der Waals surface area contributed by atoms with Crippen LogP contribution < -0.4 is 15.8 Å². The van der Waals surface area contributed by atoms with Crippen molar-refractivity contribution in [3.63, 3.8) is 0 Å². The molecule has 1 amide bonds. The number of hydrogen-bond donors (Lipinski definition) is 2. The first-order valence-corrected chi connectivity index (χ1v) is 7.96. The fourth-order valence-electron chi connectivity index (χ4n) is 2.30. The lowest BCUT2D eigenvalue weighted by atomic mass is 10.1. The summed E-state index contributed by atoms with van der Waals surface area (Å²) in [6.45, 7) is 3.62. The Labute approximate surface area is 154 Å². The molecule has 136 valence electrons. The van der Waals surface area contributed by atoms with Gasteiger partial charge >= 0.3 is 0 Å². The smallest absolute Gasteiger partial charge is 0.253 e. The summed E-state index contributed by atoms with van der Waals surface area (Å²) in [6.07, 6.45) is 0.816. The molecule has 5 nitrogen and oxygen atoms in total. The number of halogens is 1. The number of ether oxygens (including phenoxy) is 2.